The number of amides is 5. The topological polar surface area (TPSA) is 171 Å². The largest absolute Gasteiger partial charge is 0.348 e. The molecule has 2 fully saturated rings. The van der Waals surface area contributed by atoms with Gasteiger partial charge in [0.05, 0.1) is 22.2 Å². The maximum absolute atomic E-state index is 14.5. The van der Waals surface area contributed by atoms with Crippen LogP contribution >= 0.6 is 0 Å². The molecule has 1 aromatic carbocycles. The first kappa shape index (κ1) is 42.5. The number of sulfone groups is 1. The third-order valence-corrected chi connectivity index (χ3v) is 12.2. The molecule has 0 aromatic heterocycles. The second kappa shape index (κ2) is 18.7. The van der Waals surface area contributed by atoms with E-state index in [-0.39, 0.29) is 48.4 Å². The Labute approximate surface area is 310 Å². The molecule has 3 rings (SSSR count). The lowest BCUT2D eigenvalue weighted by Gasteiger charge is -2.40. The summed E-state index contributed by atoms with van der Waals surface area (Å²) < 4.78 is 27.0. The van der Waals surface area contributed by atoms with Gasteiger partial charge in [-0.3, -0.25) is 19.2 Å². The number of likely N-dealkylation sites (tertiary alicyclic amines) is 1. The van der Waals surface area contributed by atoms with Gasteiger partial charge in [-0.15, -0.1) is 12.3 Å². The van der Waals surface area contributed by atoms with Crippen LogP contribution in [-0.4, -0.2) is 85.4 Å². The highest BCUT2D eigenvalue weighted by molar-refractivity contribution is 7.91. The molecule has 5 amide bonds. The zero-order chi connectivity index (χ0) is 38.7. The van der Waals surface area contributed by atoms with E-state index >= 15 is 0 Å². The minimum atomic E-state index is -3.73. The van der Waals surface area contributed by atoms with Gasteiger partial charge >= 0.3 is 6.03 Å². The lowest BCUT2D eigenvalue weighted by molar-refractivity contribution is -0.144. The molecule has 1 heterocycles. The molecule has 52 heavy (non-hydrogen) atoms. The lowest BCUT2D eigenvalue weighted by Crippen LogP contribution is -2.63. The summed E-state index contributed by atoms with van der Waals surface area (Å²) in [6.07, 6.45) is 11.0. The van der Waals surface area contributed by atoms with Crippen LogP contribution in [0.4, 0.5) is 4.79 Å². The Morgan fingerprint density at radius 3 is 2.25 bits per heavy atom. The molecule has 4 N–H and O–H groups in total. The molecule has 1 unspecified atom stereocenters. The first-order chi connectivity index (χ1) is 24.5. The summed E-state index contributed by atoms with van der Waals surface area (Å²) in [6, 6.07) is 4.43. The summed E-state index contributed by atoms with van der Waals surface area (Å²) in [7, 11) is -3.73. The summed E-state index contributed by atoms with van der Waals surface area (Å²) in [4.78, 5) is 70.0. The molecule has 2 aliphatic rings. The van der Waals surface area contributed by atoms with Crippen LogP contribution < -0.4 is 21.3 Å². The van der Waals surface area contributed by atoms with Crippen molar-refractivity contribution in [2.45, 2.75) is 134 Å². The van der Waals surface area contributed by atoms with Gasteiger partial charge in [-0.05, 0) is 55.1 Å². The molecule has 4 atom stereocenters. The van der Waals surface area contributed by atoms with E-state index in [9.17, 15) is 32.4 Å². The van der Waals surface area contributed by atoms with Gasteiger partial charge in [-0.1, -0.05) is 91.8 Å². The highest BCUT2D eigenvalue weighted by Crippen LogP contribution is 2.34. The average Bonchev–Trinajstić information content (AvgIpc) is 3.54. The molecule has 1 saturated carbocycles. The van der Waals surface area contributed by atoms with E-state index in [0.29, 0.717) is 25.7 Å². The number of rotatable bonds is 16. The maximum Gasteiger partial charge on any atom is 0.315 e. The molecule has 0 radical (unpaired) electrons. The number of benzene rings is 1. The van der Waals surface area contributed by atoms with Crippen LogP contribution in [0.5, 0.6) is 0 Å². The Balaban J connectivity index is 1.86. The second-order valence-corrected chi connectivity index (χ2v) is 17.8. The van der Waals surface area contributed by atoms with Gasteiger partial charge < -0.3 is 26.2 Å². The number of carbonyl (C=O) groups excluding carboxylic acids is 5. The molecule has 0 bridgehead atoms. The summed E-state index contributed by atoms with van der Waals surface area (Å²) in [5.41, 5.74) is -1.81. The Morgan fingerprint density at radius 1 is 1.02 bits per heavy atom. The third kappa shape index (κ3) is 11.3. The van der Waals surface area contributed by atoms with E-state index in [1.165, 1.54) is 4.90 Å². The van der Waals surface area contributed by atoms with Crippen LogP contribution in [0, 0.1) is 29.6 Å². The number of hydrogen-bond acceptors (Lipinski definition) is 7. The smallest absolute Gasteiger partial charge is 0.315 e. The Kier molecular flexibility index (Phi) is 15.3. The molecule has 1 saturated heterocycles. The van der Waals surface area contributed by atoms with Crippen molar-refractivity contribution in [3.05, 3.63) is 30.3 Å². The number of Topliss-reactive ketones (excluding diaryl/α,β-unsaturated/α-hetero) is 1. The summed E-state index contributed by atoms with van der Waals surface area (Å²) >= 11 is 0. The third-order valence-electron chi connectivity index (χ3n) is 10.3. The van der Waals surface area contributed by atoms with Crippen LogP contribution in [0.2, 0.25) is 0 Å². The van der Waals surface area contributed by atoms with Crippen molar-refractivity contribution in [1.82, 2.24) is 26.2 Å². The second-order valence-electron chi connectivity index (χ2n) is 15.8. The minimum absolute atomic E-state index is 0.00692. The predicted octanol–water partition coefficient (Wildman–Crippen LogP) is 4.13. The Morgan fingerprint density at radius 2 is 1.67 bits per heavy atom. The molecule has 288 valence electrons. The van der Waals surface area contributed by atoms with Gasteiger partial charge in [0.15, 0.2) is 9.84 Å². The van der Waals surface area contributed by atoms with Crippen LogP contribution in [-0.2, 0) is 29.0 Å². The van der Waals surface area contributed by atoms with E-state index in [2.05, 4.69) is 27.2 Å². The predicted molar refractivity (Wildman–Crippen MR) is 201 cm³/mol. The van der Waals surface area contributed by atoms with E-state index in [1.54, 1.807) is 30.3 Å². The number of carbonyl (C=O) groups is 5. The van der Waals surface area contributed by atoms with Crippen LogP contribution in [0.1, 0.15) is 106 Å². The monoisotopic (exact) mass is 741 g/mol. The van der Waals surface area contributed by atoms with Gasteiger partial charge in [0, 0.05) is 19.5 Å². The van der Waals surface area contributed by atoms with Crippen molar-refractivity contribution >= 4 is 39.4 Å². The number of ketones is 1. The van der Waals surface area contributed by atoms with Gasteiger partial charge in [0.2, 0.25) is 17.6 Å². The first-order valence-electron chi connectivity index (χ1n) is 18.7. The zero-order valence-electron chi connectivity index (χ0n) is 31.8. The number of hydrogen-bond donors (Lipinski definition) is 4. The maximum atomic E-state index is 14.5. The van der Waals surface area contributed by atoms with E-state index in [1.807, 2.05) is 41.5 Å². The summed E-state index contributed by atoms with van der Waals surface area (Å²) in [5, 5.41) is 11.2. The van der Waals surface area contributed by atoms with Crippen molar-refractivity contribution in [3.8, 4) is 12.3 Å². The zero-order valence-corrected chi connectivity index (χ0v) is 32.6. The fourth-order valence-corrected chi connectivity index (χ4v) is 9.18. The van der Waals surface area contributed by atoms with Crippen LogP contribution in [0.25, 0.3) is 0 Å². The van der Waals surface area contributed by atoms with Crippen molar-refractivity contribution in [1.29, 1.82) is 0 Å². The molecule has 13 heteroatoms. The number of unbranched alkanes of at least 4 members (excludes halogenated alkanes) is 1. The van der Waals surface area contributed by atoms with Crippen molar-refractivity contribution < 1.29 is 32.4 Å². The molecular formula is C39H59N5O7S. The molecule has 1 aliphatic carbocycles. The lowest BCUT2D eigenvalue weighted by atomic mass is 9.83. The number of nitrogens with zero attached hydrogens (tertiary/aromatic N) is 1. The molecule has 12 nitrogen and oxygen atoms in total. The quantitative estimate of drug-likeness (QED) is 0.112. The Hall–Kier alpha value is -3.92. The molecule has 1 aliphatic heterocycles. The first-order valence-corrected chi connectivity index (χ1v) is 20.3. The van der Waals surface area contributed by atoms with Gasteiger partial charge in [0.1, 0.15) is 12.1 Å². The Bertz CT molecular complexity index is 1560. The summed E-state index contributed by atoms with van der Waals surface area (Å²) in [6.45, 7) is 11.7. The standard InChI is InChI=1S/C39H59N5O7S/c1-8-10-20-30(32(45)35(47)40-24-11-9-2)41-34(46)31-29(27(3)4)21-25-44(31)36(48)33(38(5,6)7)42-37(49)43-39(22-16-13-17-23-39)26-52(50,51)28-18-14-12-15-19-28/h2,12,14-15,18-19,27,29-31,33H,8,10-11,13,16-17,20-26H2,1,3-7H3,(H,40,47)(H,41,46)(H2,42,43,49)/t29-,30?,31+,33-/m1/s1. The number of urea groups is 1. The van der Waals surface area contributed by atoms with Crippen molar-refractivity contribution in [2.75, 3.05) is 18.8 Å². The van der Waals surface area contributed by atoms with Crippen molar-refractivity contribution in [2.24, 2.45) is 17.3 Å². The molecule has 0 spiro atoms. The SMILES string of the molecule is C#CCCNC(=O)C(=O)C(CCCC)NC(=O)[C@@H]1[C@@H](C(C)C)CCN1C(=O)[C@@H](NC(=O)NC1(CS(=O)(=O)c2ccccc2)CCCCC1)C(C)(C)C. The van der Waals surface area contributed by atoms with Crippen LogP contribution in [0.15, 0.2) is 35.2 Å². The molecular weight excluding hydrogens is 683 g/mol. The van der Waals surface area contributed by atoms with Crippen molar-refractivity contribution in [3.63, 3.8) is 0 Å². The fourth-order valence-electron chi connectivity index (χ4n) is 7.36. The fraction of sp³-hybridized carbons (Fsp3) is 0.667. The van der Waals surface area contributed by atoms with Gasteiger partial charge in [-0.25, -0.2) is 13.2 Å². The van der Waals surface area contributed by atoms with Crippen LogP contribution in [0.3, 0.4) is 0 Å². The molecule has 1 aromatic rings. The van der Waals surface area contributed by atoms with Gasteiger partial charge in [0.25, 0.3) is 5.91 Å². The summed E-state index contributed by atoms with van der Waals surface area (Å²) in [5.74, 6) is -0.673. The number of terminal acetylenes is 1. The van der Waals surface area contributed by atoms with Gasteiger partial charge in [-0.2, -0.15) is 0 Å². The van der Waals surface area contributed by atoms with E-state index in [4.69, 9.17) is 6.42 Å². The minimum Gasteiger partial charge on any atom is -0.348 e. The number of nitrogens with one attached hydrogen (secondary N) is 4. The highest BCUT2D eigenvalue weighted by atomic mass is 32.2. The van der Waals surface area contributed by atoms with E-state index in [0.717, 1.165) is 25.7 Å². The average molecular weight is 742 g/mol. The normalized spacial score (nSPS) is 19.9. The van der Waals surface area contributed by atoms with E-state index < -0.39 is 68.5 Å². The highest BCUT2D eigenvalue weighted by Gasteiger charge is 2.48.